The van der Waals surface area contributed by atoms with Crippen LogP contribution in [-0.4, -0.2) is 21.0 Å². The summed E-state index contributed by atoms with van der Waals surface area (Å²) in [6.45, 7) is 1.60. The third-order valence-electron chi connectivity index (χ3n) is 3.07. The first-order chi connectivity index (χ1) is 12.3. The number of nitrogens with zero attached hydrogens (tertiary/aromatic N) is 3. The van der Waals surface area contributed by atoms with Crippen LogP contribution in [0.3, 0.4) is 0 Å². The summed E-state index contributed by atoms with van der Waals surface area (Å²) in [5, 5.41) is 6.67. The maximum atomic E-state index is 12.6. The molecule has 0 saturated carbocycles. The van der Waals surface area contributed by atoms with E-state index in [0.29, 0.717) is 23.1 Å². The van der Waals surface area contributed by atoms with Gasteiger partial charge in [0.05, 0.1) is 5.56 Å². The average molecular weight is 384 g/mol. The molecule has 0 aliphatic heterocycles. The van der Waals surface area contributed by atoms with Gasteiger partial charge >= 0.3 is 6.18 Å². The SMILES string of the molecule is Cc1nc(COc2ccccc2C(=O)Nc2nc(C(F)(F)F)cs2)no1. The molecule has 0 aliphatic rings. The lowest BCUT2D eigenvalue weighted by Gasteiger charge is -2.09. The normalized spacial score (nSPS) is 11.4. The van der Waals surface area contributed by atoms with Crippen LogP contribution in [0.25, 0.3) is 0 Å². The Balaban J connectivity index is 1.72. The Morgan fingerprint density at radius 1 is 1.31 bits per heavy atom. The van der Waals surface area contributed by atoms with Crippen molar-refractivity contribution in [2.24, 2.45) is 0 Å². The third kappa shape index (κ3) is 4.17. The van der Waals surface area contributed by atoms with Gasteiger partial charge < -0.3 is 9.26 Å². The number of nitrogens with one attached hydrogen (secondary N) is 1. The van der Waals surface area contributed by atoms with Gasteiger partial charge in [0.1, 0.15) is 5.75 Å². The number of para-hydroxylation sites is 1. The van der Waals surface area contributed by atoms with Crippen LogP contribution < -0.4 is 10.1 Å². The molecule has 11 heteroatoms. The number of alkyl halides is 3. The minimum Gasteiger partial charge on any atom is -0.485 e. The van der Waals surface area contributed by atoms with E-state index in [-0.39, 0.29) is 23.1 Å². The highest BCUT2D eigenvalue weighted by Gasteiger charge is 2.34. The van der Waals surface area contributed by atoms with Crippen LogP contribution in [0.2, 0.25) is 0 Å². The number of ether oxygens (including phenoxy) is 1. The second-order valence-corrected chi connectivity index (χ2v) is 5.86. The average Bonchev–Trinajstić information content (AvgIpc) is 3.22. The van der Waals surface area contributed by atoms with Gasteiger partial charge in [-0.15, -0.1) is 11.3 Å². The number of anilines is 1. The number of halogens is 3. The topological polar surface area (TPSA) is 90.1 Å². The van der Waals surface area contributed by atoms with Gasteiger partial charge in [0, 0.05) is 12.3 Å². The number of benzene rings is 1. The van der Waals surface area contributed by atoms with Crippen molar-refractivity contribution in [1.29, 1.82) is 0 Å². The molecule has 0 atom stereocenters. The molecule has 26 heavy (non-hydrogen) atoms. The first-order valence-electron chi connectivity index (χ1n) is 7.18. The van der Waals surface area contributed by atoms with Crippen LogP contribution in [0, 0.1) is 6.92 Å². The second-order valence-electron chi connectivity index (χ2n) is 5.00. The summed E-state index contributed by atoms with van der Waals surface area (Å²) >= 11 is 0.682. The molecule has 2 heterocycles. The molecule has 136 valence electrons. The number of hydrogen-bond acceptors (Lipinski definition) is 7. The van der Waals surface area contributed by atoms with E-state index in [1.165, 1.54) is 6.07 Å². The number of hydrogen-bond donors (Lipinski definition) is 1. The van der Waals surface area contributed by atoms with Crippen molar-refractivity contribution >= 4 is 22.4 Å². The van der Waals surface area contributed by atoms with Crippen molar-refractivity contribution in [3.63, 3.8) is 0 Å². The number of rotatable bonds is 5. The van der Waals surface area contributed by atoms with Crippen molar-refractivity contribution in [3.05, 3.63) is 52.6 Å². The first kappa shape index (κ1) is 17.9. The number of carbonyl (C=O) groups is 1. The van der Waals surface area contributed by atoms with Gasteiger partial charge in [-0.25, -0.2) is 4.98 Å². The largest absolute Gasteiger partial charge is 0.485 e. The van der Waals surface area contributed by atoms with Crippen molar-refractivity contribution < 1.29 is 27.2 Å². The molecule has 0 radical (unpaired) electrons. The van der Waals surface area contributed by atoms with Gasteiger partial charge in [-0.2, -0.15) is 18.2 Å². The first-order valence-corrected chi connectivity index (χ1v) is 8.06. The maximum Gasteiger partial charge on any atom is 0.434 e. The smallest absolute Gasteiger partial charge is 0.434 e. The van der Waals surface area contributed by atoms with Crippen molar-refractivity contribution in [2.75, 3.05) is 5.32 Å². The molecule has 0 aliphatic carbocycles. The number of aromatic nitrogens is 3. The van der Waals surface area contributed by atoms with Gasteiger partial charge in [-0.1, -0.05) is 17.3 Å². The summed E-state index contributed by atoms with van der Waals surface area (Å²) in [5.41, 5.74) is -0.925. The number of aryl methyl sites for hydroxylation is 1. The summed E-state index contributed by atoms with van der Waals surface area (Å²) in [7, 11) is 0. The Hall–Kier alpha value is -2.95. The molecule has 0 fully saturated rings. The zero-order chi connectivity index (χ0) is 18.7. The number of amides is 1. The summed E-state index contributed by atoms with van der Waals surface area (Å²) in [6.07, 6.45) is -4.57. The van der Waals surface area contributed by atoms with E-state index < -0.39 is 17.8 Å². The van der Waals surface area contributed by atoms with Crippen molar-refractivity contribution in [2.45, 2.75) is 19.7 Å². The summed E-state index contributed by atoms with van der Waals surface area (Å²) in [4.78, 5) is 19.7. The number of carbonyl (C=O) groups excluding carboxylic acids is 1. The van der Waals surface area contributed by atoms with Gasteiger partial charge in [0.2, 0.25) is 11.7 Å². The minimum absolute atomic E-state index is 0.0306. The molecule has 0 spiro atoms. The molecular weight excluding hydrogens is 373 g/mol. The zero-order valence-corrected chi connectivity index (χ0v) is 14.0. The lowest BCUT2D eigenvalue weighted by molar-refractivity contribution is -0.140. The highest BCUT2D eigenvalue weighted by atomic mass is 32.1. The summed E-state index contributed by atoms with van der Waals surface area (Å²) < 4.78 is 48.1. The lowest BCUT2D eigenvalue weighted by Crippen LogP contribution is -2.14. The summed E-state index contributed by atoms with van der Waals surface area (Å²) in [5.74, 6) is 0.249. The fourth-order valence-corrected chi connectivity index (χ4v) is 2.66. The third-order valence-corrected chi connectivity index (χ3v) is 3.83. The molecule has 2 aromatic heterocycles. The van der Waals surface area contributed by atoms with E-state index in [4.69, 9.17) is 9.26 Å². The Morgan fingerprint density at radius 2 is 2.08 bits per heavy atom. The minimum atomic E-state index is -4.57. The Morgan fingerprint density at radius 3 is 2.73 bits per heavy atom. The highest BCUT2D eigenvalue weighted by molar-refractivity contribution is 7.14. The van der Waals surface area contributed by atoms with Crippen molar-refractivity contribution in [1.82, 2.24) is 15.1 Å². The van der Waals surface area contributed by atoms with Crippen LogP contribution in [-0.2, 0) is 12.8 Å². The molecule has 1 amide bonds. The molecule has 1 N–H and O–H groups in total. The molecule has 0 bridgehead atoms. The van der Waals surface area contributed by atoms with Crippen molar-refractivity contribution in [3.8, 4) is 5.75 Å². The molecular formula is C15H11F3N4O3S. The molecule has 7 nitrogen and oxygen atoms in total. The van der Waals surface area contributed by atoms with Gasteiger partial charge in [0.25, 0.3) is 5.91 Å². The highest BCUT2D eigenvalue weighted by Crippen LogP contribution is 2.32. The molecule has 3 aromatic rings. The lowest BCUT2D eigenvalue weighted by atomic mass is 10.2. The Labute approximate surface area is 148 Å². The van der Waals surface area contributed by atoms with E-state index >= 15 is 0 Å². The van der Waals surface area contributed by atoms with E-state index in [0.717, 1.165) is 5.38 Å². The van der Waals surface area contributed by atoms with Crippen LogP contribution in [0.1, 0.15) is 27.8 Å². The predicted octanol–water partition coefficient (Wildman–Crippen LogP) is 3.68. The van der Waals surface area contributed by atoms with Gasteiger partial charge in [-0.3, -0.25) is 10.1 Å². The van der Waals surface area contributed by atoms with Crippen LogP contribution in [0.4, 0.5) is 18.3 Å². The second kappa shape index (κ2) is 7.12. The Bertz CT molecular complexity index is 923. The van der Waals surface area contributed by atoms with Crippen LogP contribution in [0.5, 0.6) is 5.75 Å². The number of thiazole rings is 1. The molecule has 0 unspecified atom stereocenters. The van der Waals surface area contributed by atoms with E-state index in [1.54, 1.807) is 25.1 Å². The zero-order valence-electron chi connectivity index (χ0n) is 13.2. The molecule has 3 rings (SSSR count). The van der Waals surface area contributed by atoms with Gasteiger partial charge in [0.15, 0.2) is 17.4 Å². The van der Waals surface area contributed by atoms with Crippen LogP contribution >= 0.6 is 11.3 Å². The van der Waals surface area contributed by atoms with E-state index in [1.807, 2.05) is 0 Å². The van der Waals surface area contributed by atoms with E-state index in [9.17, 15) is 18.0 Å². The Kier molecular flexibility index (Phi) is 4.89. The quantitative estimate of drug-likeness (QED) is 0.722. The fourth-order valence-electron chi connectivity index (χ4n) is 1.95. The molecule has 1 aromatic carbocycles. The predicted molar refractivity (Wildman–Crippen MR) is 84.9 cm³/mol. The summed E-state index contributed by atoms with van der Waals surface area (Å²) in [6, 6.07) is 6.28. The molecule has 0 saturated heterocycles. The maximum absolute atomic E-state index is 12.6. The van der Waals surface area contributed by atoms with Gasteiger partial charge in [-0.05, 0) is 12.1 Å². The fraction of sp³-hybridized carbons (Fsp3) is 0.200. The standard InChI is InChI=1S/C15H11F3N4O3S/c1-8-19-12(22-25-8)6-24-10-5-3-2-4-9(10)13(23)21-14-20-11(7-26-14)15(16,17)18/h2-5,7H,6H2,1H3,(H,20,21,23). The monoisotopic (exact) mass is 384 g/mol. The van der Waals surface area contributed by atoms with Crippen LogP contribution in [0.15, 0.2) is 34.2 Å². The van der Waals surface area contributed by atoms with E-state index in [2.05, 4.69) is 20.4 Å².